The molecular formula is C11H22N2O3S. The maximum atomic E-state index is 11.8. The van der Waals surface area contributed by atoms with Crippen molar-refractivity contribution in [1.82, 2.24) is 9.62 Å². The van der Waals surface area contributed by atoms with Gasteiger partial charge >= 0.3 is 0 Å². The average molecular weight is 262 g/mol. The highest BCUT2D eigenvalue weighted by Gasteiger charge is 2.24. The number of nitrogens with zero attached hydrogens (tertiary/aromatic N) is 1. The minimum Gasteiger partial charge on any atom is -0.341 e. The number of likely N-dealkylation sites (tertiary alicyclic amines) is 1. The first-order valence-electron chi connectivity index (χ1n) is 6.17. The molecule has 0 spiro atoms. The van der Waals surface area contributed by atoms with E-state index < -0.39 is 10.0 Å². The summed E-state index contributed by atoms with van der Waals surface area (Å²) in [5.74, 6) is 0.145. The van der Waals surface area contributed by atoms with Crippen LogP contribution in [-0.2, 0) is 14.8 Å². The Morgan fingerprint density at radius 1 is 1.47 bits per heavy atom. The van der Waals surface area contributed by atoms with Crippen molar-refractivity contribution in [2.45, 2.75) is 45.1 Å². The van der Waals surface area contributed by atoms with Crippen LogP contribution in [0.25, 0.3) is 0 Å². The van der Waals surface area contributed by atoms with Gasteiger partial charge in [-0.25, -0.2) is 13.1 Å². The zero-order valence-corrected chi connectivity index (χ0v) is 11.4. The van der Waals surface area contributed by atoms with Crippen molar-refractivity contribution >= 4 is 15.9 Å². The van der Waals surface area contributed by atoms with Crippen LogP contribution in [0.4, 0.5) is 0 Å². The summed E-state index contributed by atoms with van der Waals surface area (Å²) >= 11 is 0. The van der Waals surface area contributed by atoms with Gasteiger partial charge in [0.15, 0.2) is 0 Å². The molecule has 0 aromatic carbocycles. The Bertz CT molecular complexity index is 354. The molecule has 0 aliphatic carbocycles. The molecule has 5 nitrogen and oxygen atoms in total. The Kier molecular flexibility index (Phi) is 5.39. The molecule has 0 aromatic rings. The van der Waals surface area contributed by atoms with E-state index in [4.69, 9.17) is 0 Å². The van der Waals surface area contributed by atoms with Gasteiger partial charge in [-0.15, -0.1) is 0 Å². The van der Waals surface area contributed by atoms with Crippen LogP contribution in [0.15, 0.2) is 0 Å². The van der Waals surface area contributed by atoms with Crippen molar-refractivity contribution in [3.8, 4) is 0 Å². The van der Waals surface area contributed by atoms with Gasteiger partial charge in [0.05, 0.1) is 6.26 Å². The molecule has 6 heteroatoms. The van der Waals surface area contributed by atoms with Crippen LogP contribution in [0.5, 0.6) is 0 Å². The Labute approximate surface area is 104 Å². The lowest BCUT2D eigenvalue weighted by Gasteiger charge is -2.32. The van der Waals surface area contributed by atoms with Crippen molar-refractivity contribution in [3.05, 3.63) is 0 Å². The molecule has 1 unspecified atom stereocenters. The van der Waals surface area contributed by atoms with Crippen molar-refractivity contribution in [2.24, 2.45) is 0 Å². The monoisotopic (exact) mass is 262 g/mol. The second kappa shape index (κ2) is 6.35. The summed E-state index contributed by atoms with van der Waals surface area (Å²) < 4.78 is 24.8. The Balaban J connectivity index is 2.46. The van der Waals surface area contributed by atoms with Gasteiger partial charge in [-0.2, -0.15) is 0 Å². The van der Waals surface area contributed by atoms with Crippen molar-refractivity contribution in [2.75, 3.05) is 19.3 Å². The van der Waals surface area contributed by atoms with Gasteiger partial charge in [0.2, 0.25) is 15.9 Å². The molecule has 1 N–H and O–H groups in total. The maximum absolute atomic E-state index is 11.8. The summed E-state index contributed by atoms with van der Waals surface area (Å²) in [6.45, 7) is 3.32. The highest BCUT2D eigenvalue weighted by atomic mass is 32.2. The number of carbonyl (C=O) groups is 1. The van der Waals surface area contributed by atoms with Gasteiger partial charge in [-0.05, 0) is 19.3 Å². The molecule has 1 aliphatic rings. The van der Waals surface area contributed by atoms with Crippen LogP contribution >= 0.6 is 0 Å². The van der Waals surface area contributed by atoms with Gasteiger partial charge in [0.25, 0.3) is 0 Å². The van der Waals surface area contributed by atoms with Crippen LogP contribution in [0, 0.1) is 0 Å². The molecule has 17 heavy (non-hydrogen) atoms. The second-order valence-electron chi connectivity index (χ2n) is 4.67. The van der Waals surface area contributed by atoms with Gasteiger partial charge in [0.1, 0.15) is 0 Å². The van der Waals surface area contributed by atoms with Crippen LogP contribution in [0.1, 0.15) is 39.0 Å². The third kappa shape index (κ3) is 5.50. The lowest BCUT2D eigenvalue weighted by atomic mass is 10.1. The molecule has 1 saturated heterocycles. The molecular weight excluding hydrogens is 240 g/mol. The van der Waals surface area contributed by atoms with Crippen molar-refractivity contribution < 1.29 is 13.2 Å². The molecule has 1 aliphatic heterocycles. The first-order chi connectivity index (χ1) is 7.92. The molecule has 1 amide bonds. The Morgan fingerprint density at radius 3 is 2.76 bits per heavy atom. The minimum absolute atomic E-state index is 0.121. The molecule has 0 bridgehead atoms. The predicted molar refractivity (Wildman–Crippen MR) is 67.1 cm³/mol. The van der Waals surface area contributed by atoms with E-state index in [1.54, 1.807) is 4.90 Å². The van der Waals surface area contributed by atoms with Crippen LogP contribution in [0.2, 0.25) is 0 Å². The van der Waals surface area contributed by atoms with E-state index in [0.717, 1.165) is 38.5 Å². The molecule has 1 rings (SSSR count). The third-order valence-corrected chi connectivity index (χ3v) is 3.66. The number of carbonyl (C=O) groups excluding carboxylic acids is 1. The fraction of sp³-hybridized carbons (Fsp3) is 0.909. The molecule has 1 heterocycles. The van der Waals surface area contributed by atoms with E-state index in [1.807, 2.05) is 0 Å². The fourth-order valence-electron chi connectivity index (χ4n) is 2.09. The molecule has 100 valence electrons. The van der Waals surface area contributed by atoms with Gasteiger partial charge in [-0.3, -0.25) is 4.79 Å². The van der Waals surface area contributed by atoms with Gasteiger partial charge < -0.3 is 4.90 Å². The highest BCUT2D eigenvalue weighted by molar-refractivity contribution is 7.88. The lowest BCUT2D eigenvalue weighted by molar-refractivity contribution is -0.132. The van der Waals surface area contributed by atoms with Gasteiger partial charge in [0, 0.05) is 25.6 Å². The van der Waals surface area contributed by atoms with Gasteiger partial charge in [-0.1, -0.05) is 13.3 Å². The second-order valence-corrected chi connectivity index (χ2v) is 6.45. The number of hydrogen-bond acceptors (Lipinski definition) is 3. The topological polar surface area (TPSA) is 66.5 Å². The van der Waals surface area contributed by atoms with Crippen LogP contribution in [-0.4, -0.2) is 44.6 Å². The maximum Gasteiger partial charge on any atom is 0.222 e. The highest BCUT2D eigenvalue weighted by Crippen LogP contribution is 2.12. The predicted octanol–water partition coefficient (Wildman–Crippen LogP) is 0.717. The molecule has 1 atom stereocenters. The van der Waals surface area contributed by atoms with E-state index >= 15 is 0 Å². The van der Waals surface area contributed by atoms with E-state index in [9.17, 15) is 13.2 Å². The standard InChI is InChI=1S/C11H22N2O3S/c1-3-4-7-11(14)13-8-5-6-10(9-13)12-17(2,15)16/h10,12H,3-9H2,1-2H3. The van der Waals surface area contributed by atoms with E-state index in [1.165, 1.54) is 0 Å². The SMILES string of the molecule is CCCCC(=O)N1CCCC(NS(C)(=O)=O)C1. The largest absolute Gasteiger partial charge is 0.341 e. The third-order valence-electron chi connectivity index (χ3n) is 2.90. The Morgan fingerprint density at radius 2 is 2.18 bits per heavy atom. The van der Waals surface area contributed by atoms with E-state index in [-0.39, 0.29) is 11.9 Å². The normalized spacial score (nSPS) is 21.5. The fourth-order valence-corrected chi connectivity index (χ4v) is 2.89. The summed E-state index contributed by atoms with van der Waals surface area (Å²) in [5, 5.41) is 0. The first-order valence-corrected chi connectivity index (χ1v) is 8.06. The number of hydrogen-bond donors (Lipinski definition) is 1. The smallest absolute Gasteiger partial charge is 0.222 e. The zero-order chi connectivity index (χ0) is 12.9. The average Bonchev–Trinajstić information content (AvgIpc) is 2.24. The number of piperidine rings is 1. The van der Waals surface area contributed by atoms with Crippen molar-refractivity contribution in [3.63, 3.8) is 0 Å². The van der Waals surface area contributed by atoms with E-state index in [0.29, 0.717) is 13.0 Å². The molecule has 0 radical (unpaired) electrons. The van der Waals surface area contributed by atoms with Crippen LogP contribution < -0.4 is 4.72 Å². The minimum atomic E-state index is -3.18. The van der Waals surface area contributed by atoms with Crippen molar-refractivity contribution in [1.29, 1.82) is 0 Å². The lowest BCUT2D eigenvalue weighted by Crippen LogP contribution is -2.49. The molecule has 0 aromatic heterocycles. The van der Waals surface area contributed by atoms with E-state index in [2.05, 4.69) is 11.6 Å². The summed E-state index contributed by atoms with van der Waals surface area (Å²) in [7, 11) is -3.18. The quantitative estimate of drug-likeness (QED) is 0.794. The zero-order valence-electron chi connectivity index (χ0n) is 10.6. The van der Waals surface area contributed by atoms with Crippen LogP contribution in [0.3, 0.4) is 0 Å². The molecule has 0 saturated carbocycles. The summed E-state index contributed by atoms with van der Waals surface area (Å²) in [6.07, 6.45) is 5.31. The summed E-state index contributed by atoms with van der Waals surface area (Å²) in [4.78, 5) is 13.6. The number of nitrogens with one attached hydrogen (secondary N) is 1. The number of amides is 1. The Hall–Kier alpha value is -0.620. The molecule has 1 fully saturated rings. The first kappa shape index (κ1) is 14.4. The summed E-state index contributed by atoms with van der Waals surface area (Å²) in [5.41, 5.74) is 0. The number of sulfonamides is 1. The number of rotatable bonds is 5. The summed E-state index contributed by atoms with van der Waals surface area (Å²) in [6, 6.07) is -0.121. The number of unbranched alkanes of at least 4 members (excludes halogenated alkanes) is 1.